The van der Waals surface area contributed by atoms with E-state index in [-0.39, 0.29) is 5.91 Å². The maximum atomic E-state index is 13.0. The fourth-order valence-electron chi connectivity index (χ4n) is 3.22. The Balaban J connectivity index is 1.60. The lowest BCUT2D eigenvalue weighted by atomic mass is 10.1. The summed E-state index contributed by atoms with van der Waals surface area (Å²) in [7, 11) is 0. The molecule has 0 N–H and O–H groups in total. The summed E-state index contributed by atoms with van der Waals surface area (Å²) in [6.07, 6.45) is 1.78. The van der Waals surface area contributed by atoms with Gasteiger partial charge in [-0.1, -0.05) is 84.1 Å². The van der Waals surface area contributed by atoms with Crippen molar-refractivity contribution in [2.75, 3.05) is 11.5 Å². The Labute approximate surface area is 201 Å². The first kappa shape index (κ1) is 22.4. The molecule has 1 amide bonds. The molecule has 162 valence electrons. The number of hydrogen-bond acceptors (Lipinski definition) is 5. The van der Waals surface area contributed by atoms with Crippen molar-refractivity contribution in [2.24, 2.45) is 0 Å². The van der Waals surface area contributed by atoms with E-state index in [2.05, 4.69) is 0 Å². The second-order valence-corrected chi connectivity index (χ2v) is 8.97. The molecular weight excluding hydrogens is 462 g/mol. The Morgan fingerprint density at radius 1 is 1.03 bits per heavy atom. The van der Waals surface area contributed by atoms with Gasteiger partial charge in [0.05, 0.1) is 22.2 Å². The first-order valence-corrected chi connectivity index (χ1v) is 11.6. The van der Waals surface area contributed by atoms with Gasteiger partial charge in [0.15, 0.2) is 15.8 Å². The SMILES string of the molecule is CCOc1cc(/C=C2/SC(=S)N(c3ccccc3)C2=O)cc(Cl)c1OCc1ccccc1. The van der Waals surface area contributed by atoms with Crippen LogP contribution in [0.3, 0.4) is 0 Å². The van der Waals surface area contributed by atoms with Gasteiger partial charge < -0.3 is 9.47 Å². The van der Waals surface area contributed by atoms with Crippen LogP contribution in [-0.4, -0.2) is 16.8 Å². The van der Waals surface area contributed by atoms with Gasteiger partial charge in [0.2, 0.25) is 0 Å². The van der Waals surface area contributed by atoms with Crippen LogP contribution >= 0.6 is 35.6 Å². The normalized spacial score (nSPS) is 14.8. The highest BCUT2D eigenvalue weighted by molar-refractivity contribution is 8.27. The van der Waals surface area contributed by atoms with Crippen LogP contribution in [-0.2, 0) is 11.4 Å². The number of carbonyl (C=O) groups excluding carboxylic acids is 1. The van der Waals surface area contributed by atoms with Crippen LogP contribution in [0.15, 0.2) is 77.7 Å². The van der Waals surface area contributed by atoms with Crippen LogP contribution in [0.4, 0.5) is 5.69 Å². The number of ether oxygens (including phenoxy) is 2. The van der Waals surface area contributed by atoms with E-state index in [1.807, 2.05) is 73.7 Å². The first-order chi connectivity index (χ1) is 15.6. The average Bonchev–Trinajstić information content (AvgIpc) is 3.07. The topological polar surface area (TPSA) is 38.8 Å². The van der Waals surface area contributed by atoms with Crippen molar-refractivity contribution in [2.45, 2.75) is 13.5 Å². The van der Waals surface area contributed by atoms with E-state index >= 15 is 0 Å². The molecule has 0 aliphatic carbocycles. The molecule has 0 radical (unpaired) electrons. The number of para-hydroxylation sites is 1. The zero-order valence-corrected chi connectivity index (χ0v) is 19.7. The maximum absolute atomic E-state index is 13.0. The Bertz CT molecular complexity index is 1170. The van der Waals surface area contributed by atoms with Crippen LogP contribution in [0.5, 0.6) is 11.5 Å². The van der Waals surface area contributed by atoms with Gasteiger partial charge in [-0.05, 0) is 48.4 Å². The number of nitrogens with zero attached hydrogens (tertiary/aromatic N) is 1. The molecule has 1 fully saturated rings. The summed E-state index contributed by atoms with van der Waals surface area (Å²) in [5.41, 5.74) is 2.51. The third kappa shape index (κ3) is 4.99. The smallest absolute Gasteiger partial charge is 0.270 e. The minimum absolute atomic E-state index is 0.162. The molecule has 32 heavy (non-hydrogen) atoms. The Morgan fingerprint density at radius 2 is 1.72 bits per heavy atom. The first-order valence-electron chi connectivity index (χ1n) is 10.0. The van der Waals surface area contributed by atoms with E-state index in [0.29, 0.717) is 39.0 Å². The fourth-order valence-corrected chi connectivity index (χ4v) is 4.80. The van der Waals surface area contributed by atoms with E-state index in [9.17, 15) is 4.79 Å². The molecule has 7 heteroatoms. The minimum Gasteiger partial charge on any atom is -0.490 e. The maximum Gasteiger partial charge on any atom is 0.270 e. The largest absolute Gasteiger partial charge is 0.490 e. The van der Waals surface area contributed by atoms with E-state index in [1.165, 1.54) is 16.7 Å². The summed E-state index contributed by atoms with van der Waals surface area (Å²) in [6, 6.07) is 22.8. The molecule has 4 nitrogen and oxygen atoms in total. The van der Waals surface area contributed by atoms with Crippen LogP contribution in [0.25, 0.3) is 6.08 Å². The van der Waals surface area contributed by atoms with Gasteiger partial charge in [0.25, 0.3) is 5.91 Å². The van der Waals surface area contributed by atoms with E-state index in [4.69, 9.17) is 33.3 Å². The molecular formula is C25H20ClNO3S2. The predicted octanol–water partition coefficient (Wildman–Crippen LogP) is 6.72. The molecule has 3 aromatic rings. The summed E-state index contributed by atoms with van der Waals surface area (Å²) in [5, 5.41) is 0.414. The summed E-state index contributed by atoms with van der Waals surface area (Å²) >= 11 is 13.3. The van der Waals surface area contributed by atoms with Crippen LogP contribution < -0.4 is 14.4 Å². The molecule has 0 aromatic heterocycles. The predicted molar refractivity (Wildman–Crippen MR) is 135 cm³/mol. The van der Waals surface area contributed by atoms with Crippen LogP contribution in [0.1, 0.15) is 18.1 Å². The summed E-state index contributed by atoms with van der Waals surface area (Å²) in [6.45, 7) is 2.72. The number of amides is 1. The number of halogens is 1. The Morgan fingerprint density at radius 3 is 2.41 bits per heavy atom. The monoisotopic (exact) mass is 481 g/mol. The standard InChI is InChI=1S/C25H20ClNO3S2/c1-2-29-21-14-18(13-20(26)23(21)30-16-17-9-5-3-6-10-17)15-22-24(28)27(25(31)32-22)19-11-7-4-8-12-19/h3-15H,2,16H2,1H3/b22-15+. The van der Waals surface area contributed by atoms with Crippen molar-refractivity contribution in [3.8, 4) is 11.5 Å². The highest BCUT2D eigenvalue weighted by Crippen LogP contribution is 2.40. The lowest BCUT2D eigenvalue weighted by Crippen LogP contribution is -2.27. The fraction of sp³-hybridized carbons (Fsp3) is 0.120. The van der Waals surface area contributed by atoms with Gasteiger partial charge in [-0.25, -0.2) is 0 Å². The summed E-state index contributed by atoms with van der Waals surface area (Å²) < 4.78 is 12.2. The van der Waals surface area contributed by atoms with Crippen LogP contribution in [0, 0.1) is 0 Å². The lowest BCUT2D eigenvalue weighted by molar-refractivity contribution is -0.113. The summed E-state index contributed by atoms with van der Waals surface area (Å²) in [4.78, 5) is 15.1. The van der Waals surface area contributed by atoms with Gasteiger partial charge in [-0.15, -0.1) is 0 Å². The van der Waals surface area contributed by atoms with Crippen molar-refractivity contribution < 1.29 is 14.3 Å². The molecule has 1 aliphatic rings. The molecule has 4 rings (SSSR count). The number of rotatable bonds is 7. The highest BCUT2D eigenvalue weighted by atomic mass is 35.5. The number of hydrogen-bond donors (Lipinski definition) is 0. The zero-order chi connectivity index (χ0) is 22.5. The van der Waals surface area contributed by atoms with Gasteiger partial charge in [0.1, 0.15) is 6.61 Å². The lowest BCUT2D eigenvalue weighted by Gasteiger charge is -2.15. The molecule has 1 saturated heterocycles. The summed E-state index contributed by atoms with van der Waals surface area (Å²) in [5.74, 6) is 0.844. The minimum atomic E-state index is -0.162. The third-order valence-electron chi connectivity index (χ3n) is 4.66. The molecule has 0 atom stereocenters. The molecule has 0 bridgehead atoms. The molecule has 0 unspecified atom stereocenters. The van der Waals surface area contributed by atoms with Gasteiger partial charge >= 0.3 is 0 Å². The zero-order valence-electron chi connectivity index (χ0n) is 17.3. The molecule has 3 aromatic carbocycles. The van der Waals surface area contributed by atoms with E-state index in [1.54, 1.807) is 12.1 Å². The van der Waals surface area contributed by atoms with E-state index in [0.717, 1.165) is 16.8 Å². The third-order valence-corrected chi connectivity index (χ3v) is 6.25. The molecule has 0 spiro atoms. The highest BCUT2D eigenvalue weighted by Gasteiger charge is 2.33. The van der Waals surface area contributed by atoms with Gasteiger partial charge in [-0.3, -0.25) is 9.69 Å². The molecule has 1 aliphatic heterocycles. The van der Waals surface area contributed by atoms with Gasteiger partial charge in [0, 0.05) is 0 Å². The average molecular weight is 482 g/mol. The Kier molecular flexibility index (Phi) is 7.15. The molecule has 1 heterocycles. The number of anilines is 1. The van der Waals surface area contributed by atoms with Crippen molar-refractivity contribution in [1.29, 1.82) is 0 Å². The quantitative estimate of drug-likeness (QED) is 0.276. The molecule has 0 saturated carbocycles. The van der Waals surface area contributed by atoms with Crippen LogP contribution in [0.2, 0.25) is 5.02 Å². The number of benzene rings is 3. The van der Waals surface area contributed by atoms with Gasteiger partial charge in [-0.2, -0.15) is 0 Å². The van der Waals surface area contributed by atoms with Crippen molar-refractivity contribution >= 4 is 57.6 Å². The van der Waals surface area contributed by atoms with Crippen molar-refractivity contribution in [1.82, 2.24) is 0 Å². The van der Waals surface area contributed by atoms with Crippen molar-refractivity contribution in [3.63, 3.8) is 0 Å². The second-order valence-electron chi connectivity index (χ2n) is 6.89. The number of carbonyl (C=O) groups is 1. The number of thiocarbonyl (C=S) groups is 1. The van der Waals surface area contributed by atoms with Crippen molar-refractivity contribution in [3.05, 3.63) is 93.9 Å². The second kappa shape index (κ2) is 10.2. The number of thioether (sulfide) groups is 1. The van der Waals surface area contributed by atoms with E-state index < -0.39 is 0 Å². The Hall–Kier alpha value is -2.80.